The molecule has 0 aliphatic carbocycles. The monoisotopic (exact) mass is 294 g/mol. The van der Waals surface area contributed by atoms with Gasteiger partial charge in [0.1, 0.15) is 0 Å². The molecule has 0 bridgehead atoms. The van der Waals surface area contributed by atoms with Gasteiger partial charge in [0.05, 0.1) is 18.2 Å². The van der Waals surface area contributed by atoms with Gasteiger partial charge in [0.25, 0.3) is 5.91 Å². The number of nitrogens with two attached hydrogens (primary N) is 1. The number of hydrogen-bond donors (Lipinski definition) is 2. The summed E-state index contributed by atoms with van der Waals surface area (Å²) in [5.74, 6) is 4.62. The summed E-state index contributed by atoms with van der Waals surface area (Å²) in [4.78, 5) is 24.0. The van der Waals surface area contributed by atoms with Crippen LogP contribution in [0.25, 0.3) is 0 Å². The zero-order chi connectivity index (χ0) is 15.1. The molecule has 1 aromatic carbocycles. The number of nitrogens with zero attached hydrogens (tertiary/aromatic N) is 1. The Bertz CT molecular complexity index is 576. The third-order valence-electron chi connectivity index (χ3n) is 2.42. The fourth-order valence-electron chi connectivity index (χ4n) is 1.49. The second-order valence-electron chi connectivity index (χ2n) is 4.10. The van der Waals surface area contributed by atoms with Gasteiger partial charge in [-0.15, -0.1) is 0 Å². The van der Waals surface area contributed by atoms with Crippen LogP contribution in [0.1, 0.15) is 22.3 Å². The minimum absolute atomic E-state index is 0.0148. The first-order valence-corrected chi connectivity index (χ1v) is 6.26. The van der Waals surface area contributed by atoms with Crippen molar-refractivity contribution in [3.63, 3.8) is 0 Å². The van der Waals surface area contributed by atoms with Crippen molar-refractivity contribution in [1.29, 1.82) is 0 Å². The van der Waals surface area contributed by atoms with Crippen molar-refractivity contribution in [2.45, 2.75) is 6.42 Å². The maximum Gasteiger partial charge on any atom is 0.254 e. The molecule has 2 amide bonds. The fourth-order valence-corrected chi connectivity index (χ4v) is 1.72. The van der Waals surface area contributed by atoms with Crippen LogP contribution in [0.4, 0.5) is 0 Å². The summed E-state index contributed by atoms with van der Waals surface area (Å²) in [6.45, 7) is -0.173. The Morgan fingerprint density at radius 3 is 2.70 bits per heavy atom. The van der Waals surface area contributed by atoms with Crippen LogP contribution in [0.2, 0.25) is 5.02 Å². The average molecular weight is 295 g/mol. The minimum atomic E-state index is -0.585. The SMILES string of the molecule is CN(CC(N)=O)C(=O)c1ccc(C#CCCO)c(Cl)c1. The molecule has 0 aromatic heterocycles. The van der Waals surface area contributed by atoms with Crippen molar-refractivity contribution in [3.05, 3.63) is 34.3 Å². The molecule has 0 fully saturated rings. The molecule has 0 radical (unpaired) electrons. The molecule has 0 atom stereocenters. The van der Waals surface area contributed by atoms with Gasteiger partial charge in [-0.05, 0) is 18.2 Å². The number of rotatable bonds is 4. The number of carbonyl (C=O) groups excluding carboxylic acids is 2. The predicted molar refractivity (Wildman–Crippen MR) is 76.2 cm³/mol. The third kappa shape index (κ3) is 4.57. The Kier molecular flexibility index (Phi) is 6.04. The summed E-state index contributed by atoms with van der Waals surface area (Å²) < 4.78 is 0. The molecule has 0 spiro atoms. The number of likely N-dealkylation sites (N-methyl/N-ethyl adjacent to an activating group) is 1. The van der Waals surface area contributed by atoms with E-state index in [0.717, 1.165) is 0 Å². The molecule has 0 heterocycles. The lowest BCUT2D eigenvalue weighted by Gasteiger charge is -2.15. The normalized spacial score (nSPS) is 9.55. The van der Waals surface area contributed by atoms with Crippen LogP contribution in [0, 0.1) is 11.8 Å². The van der Waals surface area contributed by atoms with E-state index in [9.17, 15) is 9.59 Å². The standard InChI is InChI=1S/C14H15ClN2O3/c1-17(9-13(16)19)14(20)11-6-5-10(12(15)8-11)4-2-3-7-18/h5-6,8,18H,3,7,9H2,1H3,(H2,16,19). The van der Waals surface area contributed by atoms with E-state index in [4.69, 9.17) is 22.4 Å². The van der Waals surface area contributed by atoms with Gasteiger partial charge in [0.2, 0.25) is 5.91 Å². The van der Waals surface area contributed by atoms with Gasteiger partial charge in [-0.25, -0.2) is 0 Å². The highest BCUT2D eigenvalue weighted by molar-refractivity contribution is 6.32. The number of halogens is 1. The number of primary amides is 1. The average Bonchev–Trinajstić information content (AvgIpc) is 2.39. The number of amides is 2. The summed E-state index contributed by atoms with van der Waals surface area (Å²) in [5, 5.41) is 8.98. The second kappa shape index (κ2) is 7.53. The van der Waals surface area contributed by atoms with Crippen LogP contribution in [0.15, 0.2) is 18.2 Å². The van der Waals surface area contributed by atoms with Gasteiger partial charge in [-0.1, -0.05) is 23.4 Å². The molecule has 0 saturated heterocycles. The van der Waals surface area contributed by atoms with Gasteiger partial charge in [-0.2, -0.15) is 0 Å². The summed E-state index contributed by atoms with van der Waals surface area (Å²) in [7, 11) is 1.48. The van der Waals surface area contributed by atoms with Crippen LogP contribution in [0.3, 0.4) is 0 Å². The topological polar surface area (TPSA) is 83.6 Å². The number of benzene rings is 1. The second-order valence-corrected chi connectivity index (χ2v) is 4.50. The van der Waals surface area contributed by atoms with Crippen LogP contribution in [-0.2, 0) is 4.79 Å². The predicted octanol–water partition coefficient (Wildman–Crippen LogP) is 0.631. The first-order valence-electron chi connectivity index (χ1n) is 5.88. The Morgan fingerprint density at radius 2 is 2.15 bits per heavy atom. The number of carbonyl (C=O) groups is 2. The lowest BCUT2D eigenvalue weighted by Crippen LogP contribution is -2.35. The first-order chi connectivity index (χ1) is 9.45. The third-order valence-corrected chi connectivity index (χ3v) is 2.73. The smallest absolute Gasteiger partial charge is 0.254 e. The van der Waals surface area contributed by atoms with Crippen molar-refractivity contribution in [3.8, 4) is 11.8 Å². The van der Waals surface area contributed by atoms with Crippen LogP contribution >= 0.6 is 11.6 Å². The Balaban J connectivity index is 2.90. The summed E-state index contributed by atoms with van der Waals surface area (Å²) in [6, 6.07) is 4.69. The van der Waals surface area contributed by atoms with E-state index >= 15 is 0 Å². The van der Waals surface area contributed by atoms with E-state index in [1.165, 1.54) is 18.0 Å². The summed E-state index contributed by atoms with van der Waals surface area (Å²) in [6.07, 6.45) is 0.359. The Morgan fingerprint density at radius 1 is 1.45 bits per heavy atom. The molecule has 0 saturated carbocycles. The first kappa shape index (κ1) is 16.0. The molecule has 6 heteroatoms. The van der Waals surface area contributed by atoms with Crippen molar-refractivity contribution < 1.29 is 14.7 Å². The summed E-state index contributed by atoms with van der Waals surface area (Å²) >= 11 is 6.04. The van der Waals surface area contributed by atoms with Crippen LogP contribution in [-0.4, -0.2) is 42.0 Å². The van der Waals surface area contributed by atoms with Crippen molar-refractivity contribution in [2.24, 2.45) is 5.73 Å². The lowest BCUT2D eigenvalue weighted by molar-refractivity contribution is -0.118. The highest BCUT2D eigenvalue weighted by Gasteiger charge is 2.14. The van der Waals surface area contributed by atoms with E-state index in [2.05, 4.69) is 11.8 Å². The number of aliphatic hydroxyl groups is 1. The van der Waals surface area contributed by atoms with Crippen molar-refractivity contribution in [2.75, 3.05) is 20.2 Å². The molecular formula is C14H15ClN2O3. The van der Waals surface area contributed by atoms with E-state index in [-0.39, 0.29) is 19.1 Å². The molecule has 0 aliphatic rings. The van der Waals surface area contributed by atoms with E-state index in [1.807, 2.05) is 0 Å². The highest BCUT2D eigenvalue weighted by atomic mass is 35.5. The molecule has 1 aromatic rings. The van der Waals surface area contributed by atoms with Gasteiger partial charge >= 0.3 is 0 Å². The number of hydrogen-bond acceptors (Lipinski definition) is 3. The Hall–Kier alpha value is -2.03. The van der Waals surface area contributed by atoms with Gasteiger partial charge in [0, 0.05) is 24.6 Å². The van der Waals surface area contributed by atoms with Crippen LogP contribution < -0.4 is 5.73 Å². The van der Waals surface area contributed by atoms with Gasteiger partial charge in [0.15, 0.2) is 0 Å². The van der Waals surface area contributed by atoms with Gasteiger partial charge in [-0.3, -0.25) is 9.59 Å². The highest BCUT2D eigenvalue weighted by Crippen LogP contribution is 2.18. The van der Waals surface area contributed by atoms with E-state index < -0.39 is 5.91 Å². The minimum Gasteiger partial charge on any atom is -0.395 e. The van der Waals surface area contributed by atoms with Crippen molar-refractivity contribution in [1.82, 2.24) is 4.90 Å². The maximum atomic E-state index is 12.0. The molecular weight excluding hydrogens is 280 g/mol. The largest absolute Gasteiger partial charge is 0.395 e. The van der Waals surface area contributed by atoms with Gasteiger partial charge < -0.3 is 15.7 Å². The molecule has 1 rings (SSSR count). The van der Waals surface area contributed by atoms with E-state index in [1.54, 1.807) is 12.1 Å². The van der Waals surface area contributed by atoms with E-state index in [0.29, 0.717) is 22.6 Å². The number of aliphatic hydroxyl groups excluding tert-OH is 1. The summed E-state index contributed by atoms with van der Waals surface area (Å²) in [5.41, 5.74) is 5.96. The molecule has 0 aliphatic heterocycles. The molecule has 20 heavy (non-hydrogen) atoms. The fraction of sp³-hybridized carbons (Fsp3) is 0.286. The molecule has 5 nitrogen and oxygen atoms in total. The molecule has 106 valence electrons. The molecule has 0 unspecified atom stereocenters. The Labute approximate surface area is 122 Å². The molecule has 3 N–H and O–H groups in total. The maximum absolute atomic E-state index is 12.0. The zero-order valence-corrected chi connectivity index (χ0v) is 11.8. The van der Waals surface area contributed by atoms with Crippen molar-refractivity contribution >= 4 is 23.4 Å². The van der Waals surface area contributed by atoms with Crippen LogP contribution in [0.5, 0.6) is 0 Å². The quantitative estimate of drug-likeness (QED) is 0.799. The lowest BCUT2D eigenvalue weighted by atomic mass is 10.1. The zero-order valence-electron chi connectivity index (χ0n) is 11.0.